The highest BCUT2D eigenvalue weighted by molar-refractivity contribution is 6.51. The van der Waals surface area contributed by atoms with Gasteiger partial charge in [0.2, 0.25) is 0 Å². The third-order valence-corrected chi connectivity index (χ3v) is 6.14. The molecule has 0 bridgehead atoms. The van der Waals surface area contributed by atoms with E-state index in [-0.39, 0.29) is 28.1 Å². The van der Waals surface area contributed by atoms with Gasteiger partial charge < -0.3 is 19.3 Å². The second-order valence-electron chi connectivity index (χ2n) is 8.57. The van der Waals surface area contributed by atoms with Gasteiger partial charge in [0, 0.05) is 11.3 Å². The van der Waals surface area contributed by atoms with E-state index in [9.17, 15) is 19.1 Å². The summed E-state index contributed by atoms with van der Waals surface area (Å²) < 4.78 is 30.3. The molecule has 1 amide bonds. The van der Waals surface area contributed by atoms with Crippen molar-refractivity contribution in [3.8, 4) is 17.2 Å². The van der Waals surface area contributed by atoms with Gasteiger partial charge in [-0.2, -0.15) is 0 Å². The summed E-state index contributed by atoms with van der Waals surface area (Å²) in [7, 11) is 2.94. The number of nitrogens with zero attached hydrogens (tertiary/aromatic N) is 1. The molecule has 0 aromatic heterocycles. The molecule has 1 aliphatic rings. The van der Waals surface area contributed by atoms with Crippen LogP contribution in [0.2, 0.25) is 5.02 Å². The van der Waals surface area contributed by atoms with E-state index in [1.54, 1.807) is 42.5 Å². The Morgan fingerprint density at radius 2 is 1.65 bits per heavy atom. The maximum absolute atomic E-state index is 13.9. The molecule has 1 heterocycles. The Balaban J connectivity index is 1.91. The largest absolute Gasteiger partial charge is 0.507 e. The zero-order valence-electron chi connectivity index (χ0n) is 20.6. The van der Waals surface area contributed by atoms with Gasteiger partial charge in [0.05, 0.1) is 37.0 Å². The molecule has 1 unspecified atom stereocenters. The number of anilines is 1. The van der Waals surface area contributed by atoms with Gasteiger partial charge in [-0.05, 0) is 74.0 Å². The van der Waals surface area contributed by atoms with Gasteiger partial charge >= 0.3 is 0 Å². The number of aliphatic hydroxyl groups excluding tert-OH is 1. The summed E-state index contributed by atoms with van der Waals surface area (Å²) in [5.41, 5.74) is 0.818. The monoisotopic (exact) mass is 525 g/mol. The zero-order chi connectivity index (χ0) is 26.9. The molecule has 0 radical (unpaired) electrons. The Bertz CT molecular complexity index is 1390. The molecule has 192 valence electrons. The first-order valence-corrected chi connectivity index (χ1v) is 11.8. The SMILES string of the molecule is COc1ccc(C2/C(=C(\O)c3ccc(OC(C)C)cc3)C(=O)C(=O)N2c2ccc(F)c(Cl)c2)cc1OC. The third kappa shape index (κ3) is 4.97. The summed E-state index contributed by atoms with van der Waals surface area (Å²) in [5.74, 6) is -1.46. The smallest absolute Gasteiger partial charge is 0.300 e. The van der Waals surface area contributed by atoms with E-state index >= 15 is 0 Å². The van der Waals surface area contributed by atoms with Crippen LogP contribution in [-0.2, 0) is 9.59 Å². The number of ether oxygens (including phenoxy) is 3. The van der Waals surface area contributed by atoms with Crippen molar-refractivity contribution < 1.29 is 33.3 Å². The van der Waals surface area contributed by atoms with Gasteiger partial charge in [0.1, 0.15) is 17.3 Å². The van der Waals surface area contributed by atoms with E-state index in [0.29, 0.717) is 28.4 Å². The summed E-state index contributed by atoms with van der Waals surface area (Å²) >= 11 is 6.00. The Hall–Kier alpha value is -4.04. The predicted octanol–water partition coefficient (Wildman–Crippen LogP) is 5.91. The van der Waals surface area contributed by atoms with Crippen LogP contribution in [0, 0.1) is 5.82 Å². The van der Waals surface area contributed by atoms with Crippen LogP contribution in [0.4, 0.5) is 10.1 Å². The van der Waals surface area contributed by atoms with E-state index < -0.39 is 23.5 Å². The number of ketones is 1. The molecule has 0 spiro atoms. The second kappa shape index (κ2) is 10.5. The lowest BCUT2D eigenvalue weighted by atomic mass is 9.94. The van der Waals surface area contributed by atoms with Crippen molar-refractivity contribution in [2.24, 2.45) is 0 Å². The van der Waals surface area contributed by atoms with Gasteiger partial charge in [-0.15, -0.1) is 0 Å². The van der Waals surface area contributed by atoms with Crippen LogP contribution in [0.5, 0.6) is 17.2 Å². The van der Waals surface area contributed by atoms with Crippen LogP contribution in [0.3, 0.4) is 0 Å². The second-order valence-corrected chi connectivity index (χ2v) is 8.98. The average molecular weight is 526 g/mol. The van der Waals surface area contributed by atoms with Crippen LogP contribution >= 0.6 is 11.6 Å². The Morgan fingerprint density at radius 3 is 2.24 bits per heavy atom. The summed E-state index contributed by atoms with van der Waals surface area (Å²) in [4.78, 5) is 27.8. The molecule has 3 aromatic rings. The van der Waals surface area contributed by atoms with E-state index in [0.717, 1.165) is 6.07 Å². The number of carbonyl (C=O) groups is 2. The van der Waals surface area contributed by atoms with Gasteiger partial charge in [0.25, 0.3) is 11.7 Å². The molecule has 1 saturated heterocycles. The third-order valence-electron chi connectivity index (χ3n) is 5.85. The number of carbonyl (C=O) groups excluding carboxylic acids is 2. The minimum Gasteiger partial charge on any atom is -0.507 e. The van der Waals surface area contributed by atoms with Crippen LogP contribution in [-0.4, -0.2) is 37.1 Å². The predicted molar refractivity (Wildman–Crippen MR) is 138 cm³/mol. The first-order chi connectivity index (χ1) is 17.7. The van der Waals surface area contributed by atoms with Crippen molar-refractivity contribution in [1.82, 2.24) is 0 Å². The lowest BCUT2D eigenvalue weighted by molar-refractivity contribution is -0.132. The summed E-state index contributed by atoms with van der Waals surface area (Å²) in [5, 5.41) is 11.1. The van der Waals surface area contributed by atoms with Crippen LogP contribution in [0.15, 0.2) is 66.2 Å². The lowest BCUT2D eigenvalue weighted by Crippen LogP contribution is -2.29. The number of aliphatic hydroxyl groups is 1. The molecule has 4 rings (SSSR count). The summed E-state index contributed by atoms with van der Waals surface area (Å²) in [6, 6.07) is 14.1. The Kier molecular flexibility index (Phi) is 7.40. The lowest BCUT2D eigenvalue weighted by Gasteiger charge is -2.26. The van der Waals surface area contributed by atoms with E-state index in [1.165, 1.54) is 31.3 Å². The van der Waals surface area contributed by atoms with E-state index in [4.69, 9.17) is 25.8 Å². The van der Waals surface area contributed by atoms with Crippen LogP contribution in [0.25, 0.3) is 5.76 Å². The quantitative estimate of drug-likeness (QED) is 0.234. The molecule has 0 saturated carbocycles. The van der Waals surface area contributed by atoms with Crippen molar-refractivity contribution >= 4 is 34.7 Å². The number of amides is 1. The van der Waals surface area contributed by atoms with E-state index in [1.807, 2.05) is 13.8 Å². The highest BCUT2D eigenvalue weighted by Gasteiger charge is 2.47. The van der Waals surface area contributed by atoms with Crippen molar-refractivity contribution in [1.29, 1.82) is 0 Å². The molecule has 1 aliphatic heterocycles. The zero-order valence-corrected chi connectivity index (χ0v) is 21.4. The van der Waals surface area contributed by atoms with Crippen molar-refractivity contribution in [2.75, 3.05) is 19.1 Å². The van der Waals surface area contributed by atoms with Gasteiger partial charge in [-0.1, -0.05) is 17.7 Å². The molecule has 1 fully saturated rings. The van der Waals surface area contributed by atoms with Gasteiger partial charge in [-0.25, -0.2) is 4.39 Å². The van der Waals surface area contributed by atoms with Gasteiger partial charge in [-0.3, -0.25) is 14.5 Å². The maximum Gasteiger partial charge on any atom is 0.300 e. The number of halogens is 2. The standard InChI is InChI=1S/C28H25ClFNO6/c1-15(2)37-19-9-5-16(6-10-19)26(32)24-25(17-7-12-22(35-3)23(13-17)36-4)31(28(34)27(24)33)18-8-11-21(30)20(29)14-18/h5-15,25,32H,1-4H3/b26-24+. The van der Waals surface area contributed by atoms with Crippen LogP contribution in [0.1, 0.15) is 31.0 Å². The van der Waals surface area contributed by atoms with Crippen LogP contribution < -0.4 is 19.1 Å². The number of hydrogen-bond acceptors (Lipinski definition) is 6. The summed E-state index contributed by atoms with van der Waals surface area (Å²) in [6.45, 7) is 3.78. The summed E-state index contributed by atoms with van der Waals surface area (Å²) in [6.07, 6.45) is -0.0441. The molecule has 3 aromatic carbocycles. The fourth-order valence-corrected chi connectivity index (χ4v) is 4.37. The highest BCUT2D eigenvalue weighted by Crippen LogP contribution is 2.44. The molecule has 1 atom stereocenters. The number of rotatable bonds is 7. The first-order valence-electron chi connectivity index (χ1n) is 11.4. The molecule has 9 heteroatoms. The molecule has 7 nitrogen and oxygen atoms in total. The fourth-order valence-electron chi connectivity index (χ4n) is 4.19. The molecular weight excluding hydrogens is 501 g/mol. The number of Topliss-reactive ketones (excluding diaryl/α,β-unsaturated/α-hetero) is 1. The highest BCUT2D eigenvalue weighted by atomic mass is 35.5. The molecule has 1 N–H and O–H groups in total. The normalized spacial score (nSPS) is 16.8. The average Bonchev–Trinajstić information content (AvgIpc) is 3.15. The Labute approximate surface area is 218 Å². The van der Waals surface area contributed by atoms with E-state index in [2.05, 4.69) is 0 Å². The molecule has 0 aliphatic carbocycles. The molecular formula is C28H25ClFNO6. The van der Waals surface area contributed by atoms with Gasteiger partial charge in [0.15, 0.2) is 11.5 Å². The molecule has 37 heavy (non-hydrogen) atoms. The van der Waals surface area contributed by atoms with Crippen molar-refractivity contribution in [3.05, 3.63) is 88.2 Å². The fraction of sp³-hybridized carbons (Fsp3) is 0.214. The maximum atomic E-state index is 13.9. The first kappa shape index (κ1) is 26.0. The topological polar surface area (TPSA) is 85.3 Å². The Morgan fingerprint density at radius 1 is 0.973 bits per heavy atom. The van der Waals surface area contributed by atoms with Crippen molar-refractivity contribution in [2.45, 2.75) is 26.0 Å². The number of methoxy groups -OCH3 is 2. The minimum atomic E-state index is -1.06. The van der Waals surface area contributed by atoms with Crippen molar-refractivity contribution in [3.63, 3.8) is 0 Å². The number of hydrogen-bond donors (Lipinski definition) is 1. The number of benzene rings is 3. The minimum absolute atomic E-state index is 0.0441.